The number of likely N-dealkylation sites (N-methyl/N-ethyl adjacent to an activating group) is 1. The molecule has 0 aliphatic heterocycles. The van der Waals surface area contributed by atoms with Crippen LogP contribution in [0.15, 0.2) is 95.8 Å². The van der Waals surface area contributed by atoms with Gasteiger partial charge in [-0.3, -0.25) is 4.79 Å². The van der Waals surface area contributed by atoms with Gasteiger partial charge in [-0.15, -0.1) is 0 Å². The van der Waals surface area contributed by atoms with Crippen LogP contribution in [0, 0.1) is 0 Å². The van der Waals surface area contributed by atoms with Crippen molar-refractivity contribution in [3.63, 3.8) is 0 Å². The third-order valence-corrected chi connectivity index (χ3v) is 5.58. The van der Waals surface area contributed by atoms with Gasteiger partial charge in [0, 0.05) is 30.9 Å². The molecule has 0 saturated carbocycles. The zero-order chi connectivity index (χ0) is 24.2. The quantitative estimate of drug-likeness (QED) is 0.328. The molecule has 0 saturated heterocycles. The van der Waals surface area contributed by atoms with Crippen molar-refractivity contribution in [3.8, 4) is 17.0 Å². The van der Waals surface area contributed by atoms with Crippen molar-refractivity contribution >= 4 is 22.8 Å². The highest BCUT2D eigenvalue weighted by molar-refractivity contribution is 5.99. The summed E-state index contributed by atoms with van der Waals surface area (Å²) in [6.07, 6.45) is 3.57. The third kappa shape index (κ3) is 4.81. The van der Waals surface area contributed by atoms with Gasteiger partial charge in [0.15, 0.2) is 12.4 Å². The first kappa shape index (κ1) is 22.1. The average molecular weight is 466 g/mol. The first-order valence-electron chi connectivity index (χ1n) is 11.0. The molecular weight excluding hydrogens is 444 g/mol. The van der Waals surface area contributed by atoms with Gasteiger partial charge >= 0.3 is 5.97 Å². The first-order chi connectivity index (χ1) is 17.1. The van der Waals surface area contributed by atoms with Crippen LogP contribution in [0.3, 0.4) is 0 Å². The van der Waals surface area contributed by atoms with E-state index in [2.05, 4.69) is 10.3 Å². The summed E-state index contributed by atoms with van der Waals surface area (Å²) in [6.45, 7) is -0.0221. The topological polar surface area (TPSA) is 90.5 Å². The summed E-state index contributed by atoms with van der Waals surface area (Å²) in [5.74, 6) is -0.338. The van der Waals surface area contributed by atoms with Crippen molar-refractivity contribution in [2.45, 2.75) is 6.54 Å². The highest BCUT2D eigenvalue weighted by Crippen LogP contribution is 2.29. The number of carbonyl (C=O) groups excluding carboxylic acids is 2. The van der Waals surface area contributed by atoms with E-state index in [9.17, 15) is 9.59 Å². The molecule has 0 atom stereocenters. The number of amides is 1. The number of hydrogen-bond acceptors (Lipinski definition) is 6. The lowest BCUT2D eigenvalue weighted by Crippen LogP contribution is -2.30. The molecule has 8 heteroatoms. The van der Waals surface area contributed by atoms with Crippen LogP contribution in [-0.4, -0.2) is 45.4 Å². The SMILES string of the molecule is CN(Cc1cnn(-c2ccccc2)c1)C(=O)COC(=O)c1ccc2noc(-c3ccccc3)c2c1. The molecule has 0 fully saturated rings. The molecule has 8 nitrogen and oxygen atoms in total. The molecule has 0 aliphatic rings. The summed E-state index contributed by atoms with van der Waals surface area (Å²) >= 11 is 0. The molecule has 0 unspecified atom stereocenters. The fraction of sp³-hybridized carbons (Fsp3) is 0.111. The Kier molecular flexibility index (Phi) is 6.09. The lowest BCUT2D eigenvalue weighted by molar-refractivity contribution is -0.133. The minimum absolute atomic E-state index is 0.317. The summed E-state index contributed by atoms with van der Waals surface area (Å²) < 4.78 is 12.5. The number of esters is 1. The largest absolute Gasteiger partial charge is 0.452 e. The molecular formula is C27H22N4O4. The van der Waals surface area contributed by atoms with E-state index in [4.69, 9.17) is 9.26 Å². The van der Waals surface area contributed by atoms with Crippen LogP contribution in [0.1, 0.15) is 15.9 Å². The predicted molar refractivity (Wildman–Crippen MR) is 130 cm³/mol. The number of rotatable bonds is 7. The first-order valence-corrected chi connectivity index (χ1v) is 11.0. The summed E-state index contributed by atoms with van der Waals surface area (Å²) in [5, 5.41) is 9.10. The minimum Gasteiger partial charge on any atom is -0.452 e. The summed E-state index contributed by atoms with van der Waals surface area (Å²) in [4.78, 5) is 26.7. The van der Waals surface area contributed by atoms with E-state index in [0.29, 0.717) is 28.8 Å². The van der Waals surface area contributed by atoms with Crippen LogP contribution in [0.4, 0.5) is 0 Å². The van der Waals surface area contributed by atoms with E-state index in [-0.39, 0.29) is 12.5 Å². The molecule has 2 aromatic heterocycles. The van der Waals surface area contributed by atoms with Gasteiger partial charge in [-0.25, -0.2) is 9.48 Å². The summed E-state index contributed by atoms with van der Waals surface area (Å²) in [6, 6.07) is 24.2. The van der Waals surface area contributed by atoms with Crippen molar-refractivity contribution in [2.24, 2.45) is 0 Å². The predicted octanol–water partition coefficient (Wildman–Crippen LogP) is 4.50. The molecule has 2 heterocycles. The number of carbonyl (C=O) groups is 2. The van der Waals surface area contributed by atoms with Crippen molar-refractivity contribution in [1.82, 2.24) is 19.8 Å². The molecule has 5 rings (SSSR count). The Morgan fingerprint density at radius 3 is 2.51 bits per heavy atom. The molecule has 0 N–H and O–H groups in total. The van der Waals surface area contributed by atoms with Gasteiger partial charge in [0.2, 0.25) is 0 Å². The monoisotopic (exact) mass is 466 g/mol. The van der Waals surface area contributed by atoms with Gasteiger partial charge in [-0.2, -0.15) is 5.10 Å². The van der Waals surface area contributed by atoms with E-state index < -0.39 is 5.97 Å². The number of benzene rings is 3. The molecule has 174 valence electrons. The number of aromatic nitrogens is 3. The maximum absolute atomic E-state index is 12.6. The van der Waals surface area contributed by atoms with Gasteiger partial charge in [-0.1, -0.05) is 53.7 Å². The molecule has 0 spiro atoms. The second kappa shape index (κ2) is 9.64. The van der Waals surface area contributed by atoms with Crippen molar-refractivity contribution < 1.29 is 18.8 Å². The van der Waals surface area contributed by atoms with Crippen molar-refractivity contribution in [1.29, 1.82) is 0 Å². The Morgan fingerprint density at radius 2 is 1.74 bits per heavy atom. The van der Waals surface area contributed by atoms with E-state index in [1.54, 1.807) is 36.1 Å². The highest BCUT2D eigenvalue weighted by Gasteiger charge is 2.17. The van der Waals surface area contributed by atoms with Crippen LogP contribution < -0.4 is 0 Å². The molecule has 35 heavy (non-hydrogen) atoms. The number of fused-ring (bicyclic) bond motifs is 1. The highest BCUT2D eigenvalue weighted by atomic mass is 16.5. The van der Waals surface area contributed by atoms with Gasteiger partial charge in [-0.05, 0) is 30.3 Å². The van der Waals surface area contributed by atoms with Crippen LogP contribution in [0.2, 0.25) is 0 Å². The van der Waals surface area contributed by atoms with Crippen LogP contribution in [-0.2, 0) is 16.1 Å². The van der Waals surface area contributed by atoms with Gasteiger partial charge in [0.05, 0.1) is 22.8 Å². The molecule has 0 bridgehead atoms. The lowest BCUT2D eigenvalue weighted by Gasteiger charge is -2.16. The Hall–Kier alpha value is -4.72. The molecule has 3 aromatic carbocycles. The number of nitrogens with zero attached hydrogens (tertiary/aromatic N) is 4. The molecule has 5 aromatic rings. The van der Waals surface area contributed by atoms with Crippen LogP contribution in [0.5, 0.6) is 0 Å². The normalized spacial score (nSPS) is 10.9. The van der Waals surface area contributed by atoms with Crippen LogP contribution >= 0.6 is 0 Å². The Bertz CT molecular complexity index is 1480. The van der Waals surface area contributed by atoms with E-state index in [1.807, 2.05) is 66.9 Å². The van der Waals surface area contributed by atoms with E-state index in [0.717, 1.165) is 16.8 Å². The molecule has 0 aliphatic carbocycles. The Morgan fingerprint density at radius 1 is 1.00 bits per heavy atom. The van der Waals surface area contributed by atoms with Crippen molar-refractivity contribution in [2.75, 3.05) is 13.7 Å². The third-order valence-electron chi connectivity index (χ3n) is 5.58. The number of para-hydroxylation sites is 1. The smallest absolute Gasteiger partial charge is 0.338 e. The zero-order valence-electron chi connectivity index (χ0n) is 19.0. The minimum atomic E-state index is -0.592. The molecule has 1 amide bonds. The second-order valence-corrected chi connectivity index (χ2v) is 8.06. The maximum Gasteiger partial charge on any atom is 0.338 e. The molecule has 0 radical (unpaired) electrons. The van der Waals surface area contributed by atoms with Crippen molar-refractivity contribution in [3.05, 3.63) is 102 Å². The Labute approximate surface area is 201 Å². The fourth-order valence-corrected chi connectivity index (χ4v) is 3.71. The fourth-order valence-electron chi connectivity index (χ4n) is 3.71. The summed E-state index contributed by atoms with van der Waals surface area (Å²) in [7, 11) is 1.66. The van der Waals surface area contributed by atoms with Gasteiger partial charge < -0.3 is 14.2 Å². The van der Waals surface area contributed by atoms with Gasteiger partial charge in [0.25, 0.3) is 5.91 Å². The zero-order valence-corrected chi connectivity index (χ0v) is 19.0. The van der Waals surface area contributed by atoms with Crippen LogP contribution in [0.25, 0.3) is 27.9 Å². The number of hydrogen-bond donors (Lipinski definition) is 0. The van der Waals surface area contributed by atoms with E-state index >= 15 is 0 Å². The maximum atomic E-state index is 12.6. The average Bonchev–Trinajstić information content (AvgIpc) is 3.55. The standard InChI is InChI=1S/C27H22N4O4/c1-30(16-19-15-28-31(17-19)22-10-6-3-7-11-22)25(32)18-34-27(33)21-12-13-24-23(14-21)26(35-29-24)20-8-4-2-5-9-20/h2-15,17H,16,18H2,1H3. The van der Waals surface area contributed by atoms with E-state index in [1.165, 1.54) is 4.90 Å². The lowest BCUT2D eigenvalue weighted by atomic mass is 10.1. The number of ether oxygens (including phenoxy) is 1. The van der Waals surface area contributed by atoms with Gasteiger partial charge in [0.1, 0.15) is 5.52 Å². The Balaban J connectivity index is 1.21. The second-order valence-electron chi connectivity index (χ2n) is 8.06. The summed E-state index contributed by atoms with van der Waals surface area (Å²) in [5.41, 5.74) is 3.60.